The summed E-state index contributed by atoms with van der Waals surface area (Å²) in [4.78, 5) is 0. The van der Waals surface area contributed by atoms with Crippen molar-refractivity contribution in [1.29, 1.82) is 0 Å². The molecule has 1 aromatic rings. The lowest BCUT2D eigenvalue weighted by Crippen LogP contribution is -2.00. The van der Waals surface area contributed by atoms with Crippen LogP contribution < -0.4 is 4.74 Å². The monoisotopic (exact) mass is 460 g/mol. The zero-order chi connectivity index (χ0) is 15.7. The van der Waals surface area contributed by atoms with Crippen molar-refractivity contribution >= 4 is 55.1 Å². The van der Waals surface area contributed by atoms with Crippen LogP contribution in [-0.2, 0) is 4.74 Å². The van der Waals surface area contributed by atoms with E-state index in [0.29, 0.717) is 35.6 Å². The molecule has 0 saturated carbocycles. The standard InChI is InChI=1S/C14H16Br2Cl2O3/c15-13(16)4-7-20-5-2-1-3-6-21-14-11(17)8-10(19)9-12(14)18/h4,8-9,19H,1-3,5-7H2. The van der Waals surface area contributed by atoms with Gasteiger partial charge in [0.2, 0.25) is 0 Å². The van der Waals surface area contributed by atoms with Crippen molar-refractivity contribution in [2.24, 2.45) is 0 Å². The number of aromatic hydroxyl groups is 1. The third-order valence-electron chi connectivity index (χ3n) is 2.52. The average molecular weight is 463 g/mol. The summed E-state index contributed by atoms with van der Waals surface area (Å²) in [7, 11) is 0. The van der Waals surface area contributed by atoms with Crippen LogP contribution in [0.5, 0.6) is 11.5 Å². The molecule has 0 atom stereocenters. The Morgan fingerprint density at radius 3 is 2.33 bits per heavy atom. The minimum Gasteiger partial charge on any atom is -0.508 e. The maximum absolute atomic E-state index is 9.32. The van der Waals surface area contributed by atoms with Crippen molar-refractivity contribution in [3.05, 3.63) is 31.6 Å². The molecule has 0 amide bonds. The molecule has 0 spiro atoms. The van der Waals surface area contributed by atoms with Crippen LogP contribution in [0.25, 0.3) is 0 Å². The summed E-state index contributed by atoms with van der Waals surface area (Å²) < 4.78 is 11.9. The smallest absolute Gasteiger partial charge is 0.156 e. The molecule has 1 aromatic carbocycles. The number of hydrogen-bond acceptors (Lipinski definition) is 3. The first-order chi connectivity index (χ1) is 10.0. The van der Waals surface area contributed by atoms with Crippen molar-refractivity contribution in [2.45, 2.75) is 19.3 Å². The summed E-state index contributed by atoms with van der Waals surface area (Å²) in [6, 6.07) is 2.82. The van der Waals surface area contributed by atoms with Crippen molar-refractivity contribution in [3.63, 3.8) is 0 Å². The van der Waals surface area contributed by atoms with Gasteiger partial charge in [-0.25, -0.2) is 0 Å². The first-order valence-corrected chi connectivity index (χ1v) is 8.74. The minimum absolute atomic E-state index is 0.0265. The van der Waals surface area contributed by atoms with E-state index in [4.69, 9.17) is 32.7 Å². The van der Waals surface area contributed by atoms with Gasteiger partial charge in [0.05, 0.1) is 26.7 Å². The maximum Gasteiger partial charge on any atom is 0.156 e. The lowest BCUT2D eigenvalue weighted by molar-refractivity contribution is 0.155. The Kier molecular flexibility index (Phi) is 9.76. The van der Waals surface area contributed by atoms with Gasteiger partial charge in [-0.05, 0) is 57.2 Å². The lowest BCUT2D eigenvalue weighted by Gasteiger charge is -2.10. The number of rotatable bonds is 9. The summed E-state index contributed by atoms with van der Waals surface area (Å²) in [5.41, 5.74) is 0. The summed E-state index contributed by atoms with van der Waals surface area (Å²) in [6.07, 6.45) is 4.74. The van der Waals surface area contributed by atoms with Gasteiger partial charge < -0.3 is 14.6 Å². The molecule has 0 unspecified atom stereocenters. The Bertz CT molecular complexity index is 454. The molecule has 0 aliphatic carbocycles. The molecule has 7 heteroatoms. The Morgan fingerprint density at radius 1 is 1.10 bits per heavy atom. The Morgan fingerprint density at radius 2 is 1.71 bits per heavy atom. The number of ether oxygens (including phenoxy) is 2. The highest BCUT2D eigenvalue weighted by Crippen LogP contribution is 2.36. The second-order valence-electron chi connectivity index (χ2n) is 4.22. The van der Waals surface area contributed by atoms with Crippen molar-refractivity contribution < 1.29 is 14.6 Å². The highest BCUT2D eigenvalue weighted by Gasteiger charge is 2.09. The number of benzene rings is 1. The van der Waals surface area contributed by atoms with Gasteiger partial charge in [-0.1, -0.05) is 23.2 Å². The molecule has 21 heavy (non-hydrogen) atoms. The second-order valence-corrected chi connectivity index (χ2v) is 7.80. The zero-order valence-corrected chi connectivity index (χ0v) is 15.9. The van der Waals surface area contributed by atoms with Gasteiger partial charge in [0.1, 0.15) is 5.75 Å². The molecule has 0 radical (unpaired) electrons. The second kappa shape index (κ2) is 10.7. The molecule has 0 heterocycles. The van der Waals surface area contributed by atoms with E-state index in [-0.39, 0.29) is 5.75 Å². The lowest BCUT2D eigenvalue weighted by atomic mass is 10.2. The number of hydrogen-bond donors (Lipinski definition) is 1. The van der Waals surface area contributed by atoms with Gasteiger partial charge in [0.15, 0.2) is 5.75 Å². The summed E-state index contributed by atoms with van der Waals surface area (Å²) >= 11 is 18.4. The summed E-state index contributed by atoms with van der Waals surface area (Å²) in [5.74, 6) is 0.443. The zero-order valence-electron chi connectivity index (χ0n) is 11.3. The fraction of sp³-hybridized carbons (Fsp3) is 0.429. The SMILES string of the molecule is Oc1cc(Cl)c(OCCCCCOCC=C(Br)Br)c(Cl)c1. The van der Waals surface area contributed by atoms with Crippen molar-refractivity contribution in [2.75, 3.05) is 19.8 Å². The first kappa shape index (κ1) is 19.1. The van der Waals surface area contributed by atoms with Crippen LogP contribution in [0.1, 0.15) is 19.3 Å². The molecular formula is C14H16Br2Cl2O3. The normalized spacial score (nSPS) is 10.5. The molecule has 0 saturated heterocycles. The maximum atomic E-state index is 9.32. The van der Waals surface area contributed by atoms with Gasteiger partial charge in [-0.2, -0.15) is 0 Å². The van der Waals surface area contributed by atoms with E-state index in [1.165, 1.54) is 12.1 Å². The quantitative estimate of drug-likeness (QED) is 0.464. The molecule has 0 fully saturated rings. The van der Waals surface area contributed by atoms with Crippen LogP contribution in [0, 0.1) is 0 Å². The van der Waals surface area contributed by atoms with Gasteiger partial charge in [-0.15, -0.1) is 0 Å². The van der Waals surface area contributed by atoms with E-state index in [9.17, 15) is 5.11 Å². The largest absolute Gasteiger partial charge is 0.508 e. The predicted molar refractivity (Wildman–Crippen MR) is 94.2 cm³/mol. The average Bonchev–Trinajstić information content (AvgIpc) is 2.38. The summed E-state index contributed by atoms with van der Waals surface area (Å²) in [5, 5.41) is 9.95. The third kappa shape index (κ3) is 8.31. The molecule has 0 aliphatic rings. The summed E-state index contributed by atoms with van der Waals surface area (Å²) in [6.45, 7) is 1.82. The van der Waals surface area contributed by atoms with Crippen LogP contribution >= 0.6 is 55.1 Å². The predicted octanol–water partition coefficient (Wildman–Crippen LogP) is 5.90. The number of halogens is 4. The number of unbranched alkanes of at least 4 members (excludes halogenated alkanes) is 2. The van der Waals surface area contributed by atoms with Gasteiger partial charge in [-0.3, -0.25) is 0 Å². The number of phenols is 1. The third-order valence-corrected chi connectivity index (χ3v) is 3.73. The van der Waals surface area contributed by atoms with Crippen molar-refractivity contribution in [1.82, 2.24) is 0 Å². The van der Waals surface area contributed by atoms with Crippen LogP contribution in [-0.4, -0.2) is 24.9 Å². The van der Waals surface area contributed by atoms with Gasteiger partial charge in [0, 0.05) is 18.7 Å². The molecule has 1 N–H and O–H groups in total. The van der Waals surface area contributed by atoms with E-state index in [1.54, 1.807) is 0 Å². The Hall–Kier alpha value is 0.0600. The van der Waals surface area contributed by atoms with E-state index in [2.05, 4.69) is 31.9 Å². The van der Waals surface area contributed by atoms with Crippen LogP contribution in [0.15, 0.2) is 21.6 Å². The van der Waals surface area contributed by atoms with E-state index in [1.807, 2.05) is 6.08 Å². The number of phenolic OH excluding ortho intramolecular Hbond substituents is 1. The minimum atomic E-state index is 0.0265. The van der Waals surface area contributed by atoms with E-state index in [0.717, 1.165) is 22.7 Å². The van der Waals surface area contributed by atoms with Gasteiger partial charge in [0.25, 0.3) is 0 Å². The van der Waals surface area contributed by atoms with Crippen molar-refractivity contribution in [3.8, 4) is 11.5 Å². The molecular weight excluding hydrogens is 447 g/mol. The molecule has 0 aromatic heterocycles. The molecule has 3 nitrogen and oxygen atoms in total. The topological polar surface area (TPSA) is 38.7 Å². The fourth-order valence-electron chi connectivity index (χ4n) is 1.55. The molecule has 0 bridgehead atoms. The van der Waals surface area contributed by atoms with Crippen LogP contribution in [0.4, 0.5) is 0 Å². The highest BCUT2D eigenvalue weighted by molar-refractivity contribution is 9.28. The first-order valence-electron chi connectivity index (χ1n) is 6.40. The van der Waals surface area contributed by atoms with E-state index >= 15 is 0 Å². The van der Waals surface area contributed by atoms with E-state index < -0.39 is 0 Å². The van der Waals surface area contributed by atoms with Gasteiger partial charge >= 0.3 is 0 Å². The fourth-order valence-corrected chi connectivity index (χ4v) is 2.40. The highest BCUT2D eigenvalue weighted by atomic mass is 79.9. The Labute approximate surface area is 151 Å². The molecule has 1 rings (SSSR count). The van der Waals surface area contributed by atoms with Crippen LogP contribution in [0.3, 0.4) is 0 Å². The molecule has 118 valence electrons. The molecule has 0 aliphatic heterocycles. The van der Waals surface area contributed by atoms with Crippen LogP contribution in [0.2, 0.25) is 10.0 Å². The Balaban J connectivity index is 2.14.